The SMILES string of the molecule is CN(CC[C@H](O)c1cccs1)S(=O)(=O)c1cccc2c1CN(C1CCC(=O)NC1=O)C2=O. The lowest BCUT2D eigenvalue weighted by molar-refractivity contribution is -0.136. The number of amides is 3. The molecule has 1 saturated heterocycles. The molecule has 2 N–H and O–H groups in total. The Bertz CT molecular complexity index is 1160. The number of nitrogens with zero attached hydrogens (tertiary/aromatic N) is 2. The van der Waals surface area contributed by atoms with Crippen LogP contribution in [0.1, 0.15) is 46.2 Å². The van der Waals surface area contributed by atoms with Gasteiger partial charge in [-0.05, 0) is 36.4 Å². The fourth-order valence-electron chi connectivity index (χ4n) is 4.01. The van der Waals surface area contributed by atoms with Gasteiger partial charge in [0.05, 0.1) is 11.0 Å². The zero-order chi connectivity index (χ0) is 23.0. The monoisotopic (exact) mass is 477 g/mol. The van der Waals surface area contributed by atoms with Crippen LogP contribution >= 0.6 is 11.3 Å². The van der Waals surface area contributed by atoms with E-state index in [4.69, 9.17) is 0 Å². The summed E-state index contributed by atoms with van der Waals surface area (Å²) in [5.41, 5.74) is 0.579. The van der Waals surface area contributed by atoms with E-state index in [1.165, 1.54) is 39.7 Å². The molecule has 1 aromatic carbocycles. The third kappa shape index (κ3) is 4.08. The number of nitrogens with one attached hydrogen (secondary N) is 1. The molecular formula is C21H23N3O6S2. The van der Waals surface area contributed by atoms with E-state index >= 15 is 0 Å². The van der Waals surface area contributed by atoms with Crippen molar-refractivity contribution in [2.45, 2.75) is 42.8 Å². The smallest absolute Gasteiger partial charge is 0.255 e. The molecule has 3 amide bonds. The van der Waals surface area contributed by atoms with Crippen molar-refractivity contribution in [2.75, 3.05) is 13.6 Å². The van der Waals surface area contributed by atoms with Gasteiger partial charge in [-0.15, -0.1) is 11.3 Å². The molecule has 0 bridgehead atoms. The van der Waals surface area contributed by atoms with Gasteiger partial charge in [0.15, 0.2) is 0 Å². The van der Waals surface area contributed by atoms with Crippen LogP contribution in [0.25, 0.3) is 0 Å². The van der Waals surface area contributed by atoms with Crippen molar-refractivity contribution in [2.24, 2.45) is 0 Å². The largest absolute Gasteiger partial charge is 0.388 e. The molecule has 1 fully saturated rings. The van der Waals surface area contributed by atoms with E-state index in [1.807, 2.05) is 11.4 Å². The highest BCUT2D eigenvalue weighted by Crippen LogP contribution is 2.33. The molecule has 1 aromatic heterocycles. The van der Waals surface area contributed by atoms with E-state index < -0.39 is 34.0 Å². The average molecular weight is 478 g/mol. The van der Waals surface area contributed by atoms with Gasteiger partial charge in [-0.2, -0.15) is 0 Å². The second-order valence-corrected chi connectivity index (χ2v) is 10.8. The number of carbonyl (C=O) groups is 3. The maximum Gasteiger partial charge on any atom is 0.255 e. The van der Waals surface area contributed by atoms with Crippen molar-refractivity contribution in [3.8, 4) is 0 Å². The highest BCUT2D eigenvalue weighted by Gasteiger charge is 2.41. The lowest BCUT2D eigenvalue weighted by Gasteiger charge is -2.29. The number of imide groups is 1. The first kappa shape index (κ1) is 22.6. The summed E-state index contributed by atoms with van der Waals surface area (Å²) >= 11 is 1.40. The summed E-state index contributed by atoms with van der Waals surface area (Å²) in [5, 5.41) is 14.4. The second-order valence-electron chi connectivity index (χ2n) is 7.83. The van der Waals surface area contributed by atoms with Crippen molar-refractivity contribution < 1.29 is 27.9 Å². The number of benzene rings is 1. The molecule has 2 aliphatic rings. The Kier molecular flexibility index (Phi) is 6.17. The van der Waals surface area contributed by atoms with Crippen molar-refractivity contribution in [3.63, 3.8) is 0 Å². The summed E-state index contributed by atoms with van der Waals surface area (Å²) in [6.45, 7) is 0.0668. The van der Waals surface area contributed by atoms with Crippen LogP contribution in [0.2, 0.25) is 0 Å². The minimum absolute atomic E-state index is 0.00579. The number of sulfonamides is 1. The normalized spacial score (nSPS) is 19.9. The van der Waals surface area contributed by atoms with Gasteiger partial charge in [0.1, 0.15) is 6.04 Å². The van der Waals surface area contributed by atoms with E-state index in [1.54, 1.807) is 12.1 Å². The molecular weight excluding hydrogens is 454 g/mol. The van der Waals surface area contributed by atoms with Crippen LogP contribution in [0.15, 0.2) is 40.6 Å². The first-order valence-electron chi connectivity index (χ1n) is 10.1. The van der Waals surface area contributed by atoms with Crippen molar-refractivity contribution >= 4 is 39.1 Å². The molecule has 2 aromatic rings. The number of rotatable bonds is 7. The first-order valence-corrected chi connectivity index (χ1v) is 12.5. The van der Waals surface area contributed by atoms with Crippen LogP contribution in [0.3, 0.4) is 0 Å². The Morgan fingerprint density at radius 3 is 2.72 bits per heavy atom. The van der Waals surface area contributed by atoms with Crippen LogP contribution in [-0.4, -0.2) is 60.1 Å². The Balaban J connectivity index is 1.54. The van der Waals surface area contributed by atoms with Crippen molar-refractivity contribution in [1.29, 1.82) is 0 Å². The van der Waals surface area contributed by atoms with Crippen LogP contribution in [0.5, 0.6) is 0 Å². The molecule has 0 spiro atoms. The number of thiophene rings is 1. The molecule has 0 saturated carbocycles. The third-order valence-electron chi connectivity index (χ3n) is 5.82. The van der Waals surface area contributed by atoms with Crippen molar-refractivity contribution in [3.05, 3.63) is 51.7 Å². The zero-order valence-electron chi connectivity index (χ0n) is 17.4. The maximum absolute atomic E-state index is 13.3. The first-order chi connectivity index (χ1) is 15.2. The molecule has 11 heteroatoms. The van der Waals surface area contributed by atoms with Gasteiger partial charge in [0, 0.05) is 42.6 Å². The van der Waals surface area contributed by atoms with Gasteiger partial charge in [0.2, 0.25) is 21.8 Å². The molecule has 9 nitrogen and oxygen atoms in total. The third-order valence-corrected chi connectivity index (χ3v) is 8.73. The van der Waals surface area contributed by atoms with Gasteiger partial charge in [-0.1, -0.05) is 12.1 Å². The van der Waals surface area contributed by atoms with E-state index in [2.05, 4.69) is 5.32 Å². The molecule has 2 aliphatic heterocycles. The molecule has 0 radical (unpaired) electrons. The predicted octanol–water partition coefficient (Wildman–Crippen LogP) is 1.25. The lowest BCUT2D eigenvalue weighted by Crippen LogP contribution is -2.52. The zero-order valence-corrected chi connectivity index (χ0v) is 19.0. The Labute approximate surface area is 189 Å². The number of aliphatic hydroxyl groups is 1. The molecule has 32 heavy (non-hydrogen) atoms. The topological polar surface area (TPSA) is 124 Å². The van der Waals surface area contributed by atoms with Crippen LogP contribution < -0.4 is 5.32 Å². The number of hydrogen-bond acceptors (Lipinski definition) is 7. The number of fused-ring (bicyclic) bond motifs is 1. The summed E-state index contributed by atoms with van der Waals surface area (Å²) in [7, 11) is -2.50. The van der Waals surface area contributed by atoms with Crippen LogP contribution in [-0.2, 0) is 26.2 Å². The fraction of sp³-hybridized carbons (Fsp3) is 0.381. The van der Waals surface area contributed by atoms with Gasteiger partial charge in [0.25, 0.3) is 5.91 Å². The average Bonchev–Trinajstić information content (AvgIpc) is 3.40. The molecule has 0 aliphatic carbocycles. The highest BCUT2D eigenvalue weighted by molar-refractivity contribution is 7.89. The molecule has 2 atom stereocenters. The van der Waals surface area contributed by atoms with E-state index in [-0.39, 0.29) is 48.7 Å². The van der Waals surface area contributed by atoms with Gasteiger partial charge in [-0.25, -0.2) is 12.7 Å². The Morgan fingerprint density at radius 1 is 1.25 bits per heavy atom. The van der Waals surface area contributed by atoms with Crippen LogP contribution in [0, 0.1) is 0 Å². The quantitative estimate of drug-likeness (QED) is 0.579. The molecule has 4 rings (SSSR count). The Hall–Kier alpha value is -2.60. The Morgan fingerprint density at radius 2 is 2.03 bits per heavy atom. The number of piperidine rings is 1. The summed E-state index contributed by atoms with van der Waals surface area (Å²) in [6.07, 6.45) is -0.213. The molecule has 1 unspecified atom stereocenters. The summed E-state index contributed by atoms with van der Waals surface area (Å²) in [4.78, 5) is 38.7. The standard InChI is InChI=1S/C21H23N3O6S2/c1-23(10-9-16(25)17-5-3-11-31-17)32(29,30)18-6-2-4-13-14(18)12-24(21(13)28)15-7-8-19(26)22-20(15)27/h2-6,11,15-16,25H,7-10,12H2,1H3,(H,22,26,27)/t15?,16-/m0/s1. The second kappa shape index (κ2) is 8.74. The predicted molar refractivity (Wildman–Crippen MR) is 116 cm³/mol. The number of hydrogen-bond donors (Lipinski definition) is 2. The summed E-state index contributed by atoms with van der Waals surface area (Å²) in [6, 6.07) is 7.30. The van der Waals surface area contributed by atoms with Crippen molar-refractivity contribution in [1.82, 2.24) is 14.5 Å². The summed E-state index contributed by atoms with van der Waals surface area (Å²) < 4.78 is 27.7. The van der Waals surface area contributed by atoms with E-state index in [0.717, 1.165) is 4.88 Å². The highest BCUT2D eigenvalue weighted by atomic mass is 32.2. The van der Waals surface area contributed by atoms with Gasteiger partial charge < -0.3 is 10.0 Å². The molecule has 170 valence electrons. The summed E-state index contributed by atoms with van der Waals surface area (Å²) in [5.74, 6) is -1.36. The number of aliphatic hydroxyl groups excluding tert-OH is 1. The minimum Gasteiger partial charge on any atom is -0.388 e. The van der Waals surface area contributed by atoms with Crippen LogP contribution in [0.4, 0.5) is 0 Å². The minimum atomic E-state index is -3.94. The number of carbonyl (C=O) groups excluding carboxylic acids is 3. The van der Waals surface area contributed by atoms with Gasteiger partial charge >= 0.3 is 0 Å². The lowest BCUT2D eigenvalue weighted by atomic mass is 10.0. The molecule has 3 heterocycles. The van der Waals surface area contributed by atoms with E-state index in [9.17, 15) is 27.9 Å². The van der Waals surface area contributed by atoms with Gasteiger partial charge in [-0.3, -0.25) is 19.7 Å². The fourth-order valence-corrected chi connectivity index (χ4v) is 6.18. The maximum atomic E-state index is 13.3. The van der Waals surface area contributed by atoms with E-state index in [0.29, 0.717) is 5.56 Å².